The Morgan fingerprint density at radius 2 is 2.05 bits per heavy atom. The smallest absolute Gasteiger partial charge is 0.242 e. The Kier molecular flexibility index (Phi) is 4.88. The van der Waals surface area contributed by atoms with Gasteiger partial charge in [0.1, 0.15) is 10.0 Å². The third kappa shape index (κ3) is 3.81. The Bertz CT molecular complexity index is 588. The molecular weight excluding hydrogens is 327 g/mol. The van der Waals surface area contributed by atoms with Crippen molar-refractivity contribution in [3.05, 3.63) is 22.4 Å². The number of halogens is 2. The first-order valence-corrected chi connectivity index (χ1v) is 8.17. The molecule has 2 rings (SSSR count). The van der Waals surface area contributed by atoms with Crippen LogP contribution in [0.4, 0.5) is 0 Å². The van der Waals surface area contributed by atoms with Gasteiger partial charge in [0.25, 0.3) is 0 Å². The van der Waals surface area contributed by atoms with E-state index in [-0.39, 0.29) is 21.6 Å². The van der Waals surface area contributed by atoms with Crippen molar-refractivity contribution in [2.24, 2.45) is 0 Å². The molecule has 2 N–H and O–H groups in total. The van der Waals surface area contributed by atoms with E-state index in [1.807, 2.05) is 0 Å². The van der Waals surface area contributed by atoms with Crippen LogP contribution in [0.5, 0.6) is 0 Å². The fourth-order valence-corrected chi connectivity index (χ4v) is 3.22. The highest BCUT2D eigenvalue weighted by atomic mass is 35.5. The molecule has 0 aliphatic carbocycles. The number of sulfonamides is 1. The highest BCUT2D eigenvalue weighted by molar-refractivity contribution is 7.89. The zero-order valence-corrected chi connectivity index (χ0v) is 12.8. The van der Waals surface area contributed by atoms with Crippen LogP contribution in [-0.2, 0) is 14.8 Å². The molecule has 1 saturated heterocycles. The van der Waals surface area contributed by atoms with Crippen molar-refractivity contribution < 1.29 is 18.3 Å². The van der Waals surface area contributed by atoms with Crippen molar-refractivity contribution in [3.63, 3.8) is 0 Å². The number of rotatable bonds is 4. The summed E-state index contributed by atoms with van der Waals surface area (Å²) in [6.07, 6.45) is 1.88. The molecule has 1 aromatic rings. The first-order chi connectivity index (χ1) is 9.32. The average Bonchev–Trinajstić information content (AvgIpc) is 2.41. The third-order valence-corrected chi connectivity index (χ3v) is 5.15. The van der Waals surface area contributed by atoms with Gasteiger partial charge in [-0.15, -0.1) is 0 Å². The second-order valence-electron chi connectivity index (χ2n) is 4.60. The van der Waals surface area contributed by atoms with E-state index in [2.05, 4.69) is 9.71 Å². The quantitative estimate of drug-likeness (QED) is 0.804. The average molecular weight is 341 g/mol. The number of ether oxygens (including phenoxy) is 1. The lowest BCUT2D eigenvalue weighted by molar-refractivity contribution is -0.0588. The van der Waals surface area contributed by atoms with Crippen LogP contribution in [0.2, 0.25) is 10.2 Å². The molecule has 6 nitrogen and oxygen atoms in total. The number of aliphatic hydroxyl groups is 1. The van der Waals surface area contributed by atoms with Crippen LogP contribution in [0.15, 0.2) is 17.2 Å². The van der Waals surface area contributed by atoms with Gasteiger partial charge in [0.15, 0.2) is 0 Å². The van der Waals surface area contributed by atoms with Crippen LogP contribution in [0, 0.1) is 0 Å². The van der Waals surface area contributed by atoms with Crippen LogP contribution in [0.25, 0.3) is 0 Å². The zero-order valence-electron chi connectivity index (χ0n) is 10.5. The fourth-order valence-electron chi connectivity index (χ4n) is 1.79. The molecule has 0 amide bonds. The zero-order chi connectivity index (χ0) is 14.8. The molecule has 0 atom stereocenters. The Balaban J connectivity index is 2.09. The van der Waals surface area contributed by atoms with E-state index in [1.54, 1.807) is 0 Å². The summed E-state index contributed by atoms with van der Waals surface area (Å²) in [6, 6.07) is 1.22. The lowest BCUT2D eigenvalue weighted by Crippen LogP contribution is -2.46. The van der Waals surface area contributed by atoms with Crippen molar-refractivity contribution >= 4 is 33.2 Å². The number of aromatic nitrogens is 1. The molecule has 112 valence electrons. The molecule has 1 aliphatic heterocycles. The van der Waals surface area contributed by atoms with Gasteiger partial charge in [-0.1, -0.05) is 23.2 Å². The molecule has 0 radical (unpaired) electrons. The summed E-state index contributed by atoms with van der Waals surface area (Å²) in [7, 11) is -3.79. The summed E-state index contributed by atoms with van der Waals surface area (Å²) < 4.78 is 31.7. The van der Waals surface area contributed by atoms with Gasteiger partial charge < -0.3 is 9.84 Å². The Labute approximate surface area is 127 Å². The molecule has 0 unspecified atom stereocenters. The van der Waals surface area contributed by atoms with Gasteiger partial charge in [-0.2, -0.15) is 0 Å². The Morgan fingerprint density at radius 3 is 2.65 bits per heavy atom. The second-order valence-corrected chi connectivity index (χ2v) is 7.14. The topological polar surface area (TPSA) is 88.5 Å². The van der Waals surface area contributed by atoms with E-state index in [0.29, 0.717) is 26.1 Å². The van der Waals surface area contributed by atoms with Crippen LogP contribution < -0.4 is 4.72 Å². The number of pyridine rings is 1. The van der Waals surface area contributed by atoms with Gasteiger partial charge in [-0.05, 0) is 6.07 Å². The predicted octanol–water partition coefficient (Wildman–Crippen LogP) is 1.21. The normalized spacial score (nSPS) is 18.9. The number of nitrogens with zero attached hydrogens (tertiary/aromatic N) is 1. The van der Waals surface area contributed by atoms with E-state index in [1.165, 1.54) is 6.07 Å². The molecule has 1 fully saturated rings. The molecule has 2 heterocycles. The number of nitrogens with one attached hydrogen (secondary N) is 1. The molecule has 0 bridgehead atoms. The van der Waals surface area contributed by atoms with E-state index < -0.39 is 15.6 Å². The van der Waals surface area contributed by atoms with Gasteiger partial charge in [0.2, 0.25) is 10.0 Å². The first-order valence-electron chi connectivity index (χ1n) is 5.93. The summed E-state index contributed by atoms with van der Waals surface area (Å²) in [5.41, 5.74) is -1.09. The summed E-state index contributed by atoms with van der Waals surface area (Å²) in [6.45, 7) is 0.734. The molecule has 1 aromatic heterocycles. The van der Waals surface area contributed by atoms with Crippen molar-refractivity contribution in [2.45, 2.75) is 23.3 Å². The van der Waals surface area contributed by atoms with Gasteiger partial charge in [0.05, 0.1) is 10.6 Å². The number of hydrogen-bond acceptors (Lipinski definition) is 5. The maximum absolute atomic E-state index is 12.1. The van der Waals surface area contributed by atoms with Crippen LogP contribution in [0.1, 0.15) is 12.8 Å². The first kappa shape index (κ1) is 15.9. The molecular formula is C11H14Cl2N2O4S. The van der Waals surface area contributed by atoms with Crippen molar-refractivity contribution in [1.29, 1.82) is 0 Å². The minimum Gasteiger partial charge on any atom is -0.388 e. The van der Waals surface area contributed by atoms with Gasteiger partial charge >= 0.3 is 0 Å². The summed E-state index contributed by atoms with van der Waals surface area (Å²) in [5, 5.41) is 10.3. The van der Waals surface area contributed by atoms with Crippen LogP contribution in [-0.4, -0.2) is 43.9 Å². The molecule has 0 spiro atoms. The SMILES string of the molecule is O=S(=O)(NCC1(O)CCOCC1)c1cnc(Cl)c(Cl)c1. The molecule has 20 heavy (non-hydrogen) atoms. The van der Waals surface area contributed by atoms with E-state index in [4.69, 9.17) is 27.9 Å². The number of hydrogen-bond donors (Lipinski definition) is 2. The fraction of sp³-hybridized carbons (Fsp3) is 0.545. The Hall–Kier alpha value is -0.440. The van der Waals surface area contributed by atoms with E-state index in [0.717, 1.165) is 6.20 Å². The standard InChI is InChI=1S/C11H14Cl2N2O4S/c12-9-5-8(6-14-10(9)13)20(17,18)15-7-11(16)1-3-19-4-2-11/h5-6,15-16H,1-4,7H2. The van der Waals surface area contributed by atoms with Crippen molar-refractivity contribution in [2.75, 3.05) is 19.8 Å². The minimum absolute atomic E-state index is 0.0358. The van der Waals surface area contributed by atoms with Gasteiger partial charge in [-0.25, -0.2) is 18.1 Å². The van der Waals surface area contributed by atoms with Gasteiger partial charge in [0, 0.05) is 38.8 Å². The van der Waals surface area contributed by atoms with E-state index in [9.17, 15) is 13.5 Å². The summed E-state index contributed by atoms with van der Waals surface area (Å²) in [5.74, 6) is 0. The highest BCUT2D eigenvalue weighted by Gasteiger charge is 2.31. The lowest BCUT2D eigenvalue weighted by atomic mass is 9.95. The largest absolute Gasteiger partial charge is 0.388 e. The maximum atomic E-state index is 12.1. The monoisotopic (exact) mass is 340 g/mol. The molecule has 1 aliphatic rings. The molecule has 0 saturated carbocycles. The third-order valence-electron chi connectivity index (χ3n) is 3.10. The predicted molar refractivity (Wildman–Crippen MR) is 74.4 cm³/mol. The van der Waals surface area contributed by atoms with Crippen molar-refractivity contribution in [3.8, 4) is 0 Å². The maximum Gasteiger partial charge on any atom is 0.242 e. The van der Waals surface area contributed by atoms with Gasteiger partial charge in [-0.3, -0.25) is 0 Å². The Morgan fingerprint density at radius 1 is 1.40 bits per heavy atom. The van der Waals surface area contributed by atoms with Crippen LogP contribution in [0.3, 0.4) is 0 Å². The summed E-state index contributed by atoms with van der Waals surface area (Å²) in [4.78, 5) is 3.59. The van der Waals surface area contributed by atoms with E-state index >= 15 is 0 Å². The van der Waals surface area contributed by atoms with Crippen molar-refractivity contribution in [1.82, 2.24) is 9.71 Å². The molecule has 9 heteroatoms. The second kappa shape index (κ2) is 6.13. The summed E-state index contributed by atoms with van der Waals surface area (Å²) >= 11 is 11.4. The van der Waals surface area contributed by atoms with Crippen LogP contribution >= 0.6 is 23.2 Å². The highest BCUT2D eigenvalue weighted by Crippen LogP contribution is 2.23. The minimum atomic E-state index is -3.79. The lowest BCUT2D eigenvalue weighted by Gasteiger charge is -2.31. The molecule has 0 aromatic carbocycles.